The van der Waals surface area contributed by atoms with Crippen LogP contribution in [0.15, 0.2) is 6.07 Å². The molecule has 0 radical (unpaired) electrons. The molecule has 1 aromatic heterocycles. The van der Waals surface area contributed by atoms with Crippen LogP contribution in [0.1, 0.15) is 46.4 Å². The number of amides is 1. The Morgan fingerprint density at radius 3 is 2.60 bits per heavy atom. The summed E-state index contributed by atoms with van der Waals surface area (Å²) >= 11 is 0. The maximum absolute atomic E-state index is 11.9. The second kappa shape index (κ2) is 5.26. The van der Waals surface area contributed by atoms with Crippen LogP contribution < -0.4 is 16.4 Å². The van der Waals surface area contributed by atoms with Crippen molar-refractivity contribution in [2.45, 2.75) is 58.0 Å². The monoisotopic (exact) mass is 277 g/mol. The summed E-state index contributed by atoms with van der Waals surface area (Å²) in [5.41, 5.74) is 5.62. The molecule has 1 saturated carbocycles. The first kappa shape index (κ1) is 14.6. The van der Waals surface area contributed by atoms with Gasteiger partial charge < -0.3 is 16.4 Å². The molecule has 20 heavy (non-hydrogen) atoms. The highest BCUT2D eigenvalue weighted by molar-refractivity contribution is 5.84. The zero-order valence-corrected chi connectivity index (χ0v) is 12.5. The van der Waals surface area contributed by atoms with E-state index in [-0.39, 0.29) is 17.4 Å². The summed E-state index contributed by atoms with van der Waals surface area (Å²) in [6.45, 7) is 7.88. The predicted molar refractivity (Wildman–Crippen MR) is 79.4 cm³/mol. The topological polar surface area (TPSA) is 92.9 Å². The average molecular weight is 277 g/mol. The van der Waals surface area contributed by atoms with Gasteiger partial charge in [0.1, 0.15) is 23.5 Å². The van der Waals surface area contributed by atoms with Gasteiger partial charge in [-0.1, -0.05) is 20.8 Å². The Balaban J connectivity index is 2.08. The van der Waals surface area contributed by atoms with Crippen molar-refractivity contribution in [3.05, 3.63) is 11.9 Å². The third kappa shape index (κ3) is 3.82. The molecular formula is C14H23N5O. The lowest BCUT2D eigenvalue weighted by Crippen LogP contribution is -2.39. The van der Waals surface area contributed by atoms with Gasteiger partial charge in [-0.2, -0.15) is 0 Å². The normalized spacial score (nSPS) is 16.6. The number of aromatic nitrogens is 2. The van der Waals surface area contributed by atoms with Crippen LogP contribution >= 0.6 is 0 Å². The molecule has 6 nitrogen and oxygen atoms in total. The molecule has 1 aromatic rings. The van der Waals surface area contributed by atoms with Crippen molar-refractivity contribution in [3.8, 4) is 0 Å². The number of rotatable bonds is 4. The molecule has 1 aliphatic rings. The Hall–Kier alpha value is -1.85. The van der Waals surface area contributed by atoms with Gasteiger partial charge >= 0.3 is 0 Å². The van der Waals surface area contributed by atoms with Crippen molar-refractivity contribution >= 4 is 17.5 Å². The Morgan fingerprint density at radius 2 is 2.05 bits per heavy atom. The highest BCUT2D eigenvalue weighted by atomic mass is 16.2. The van der Waals surface area contributed by atoms with Gasteiger partial charge in [-0.3, -0.25) is 4.79 Å². The van der Waals surface area contributed by atoms with Crippen molar-refractivity contribution in [1.82, 2.24) is 15.3 Å². The van der Waals surface area contributed by atoms with Gasteiger partial charge in [-0.15, -0.1) is 0 Å². The molecule has 0 aliphatic heterocycles. The fourth-order valence-electron chi connectivity index (χ4n) is 1.72. The van der Waals surface area contributed by atoms with E-state index in [4.69, 9.17) is 5.73 Å². The highest BCUT2D eigenvalue weighted by Crippen LogP contribution is 2.22. The smallest absolute Gasteiger partial charge is 0.242 e. The van der Waals surface area contributed by atoms with Gasteiger partial charge in [0.2, 0.25) is 5.91 Å². The van der Waals surface area contributed by atoms with E-state index in [0.717, 1.165) is 12.8 Å². The second-order valence-electron chi connectivity index (χ2n) is 6.40. The van der Waals surface area contributed by atoms with E-state index in [2.05, 4.69) is 20.6 Å². The van der Waals surface area contributed by atoms with Gasteiger partial charge in [0.15, 0.2) is 0 Å². The summed E-state index contributed by atoms with van der Waals surface area (Å²) in [6, 6.07) is 1.65. The van der Waals surface area contributed by atoms with Gasteiger partial charge in [-0.25, -0.2) is 9.97 Å². The fourth-order valence-corrected chi connectivity index (χ4v) is 1.72. The largest absolute Gasteiger partial charge is 0.384 e. The van der Waals surface area contributed by atoms with Gasteiger partial charge in [0.25, 0.3) is 0 Å². The van der Waals surface area contributed by atoms with Crippen LogP contribution in [-0.2, 0) is 10.2 Å². The van der Waals surface area contributed by atoms with Crippen molar-refractivity contribution in [2.75, 3.05) is 11.1 Å². The molecule has 110 valence electrons. The van der Waals surface area contributed by atoms with Crippen LogP contribution in [0.4, 0.5) is 11.6 Å². The second-order valence-corrected chi connectivity index (χ2v) is 6.40. The number of hydrogen-bond donors (Lipinski definition) is 3. The van der Waals surface area contributed by atoms with Crippen molar-refractivity contribution in [3.63, 3.8) is 0 Å². The number of nitrogen functional groups attached to an aromatic ring is 1. The number of anilines is 2. The Labute approximate surface area is 119 Å². The predicted octanol–water partition coefficient (Wildman–Crippen LogP) is 1.44. The third-order valence-electron chi connectivity index (χ3n) is 3.10. The van der Waals surface area contributed by atoms with Crippen LogP contribution in [0.25, 0.3) is 0 Å². The summed E-state index contributed by atoms with van der Waals surface area (Å²) in [7, 11) is 0. The molecule has 1 amide bonds. The quantitative estimate of drug-likeness (QED) is 0.774. The molecule has 0 aromatic carbocycles. The molecule has 1 fully saturated rings. The first-order valence-corrected chi connectivity index (χ1v) is 6.97. The zero-order chi connectivity index (χ0) is 14.9. The molecule has 0 spiro atoms. The molecule has 2 rings (SSSR count). The molecule has 6 heteroatoms. The van der Waals surface area contributed by atoms with Gasteiger partial charge in [0.05, 0.1) is 0 Å². The van der Waals surface area contributed by atoms with Crippen LogP contribution in [0.5, 0.6) is 0 Å². The van der Waals surface area contributed by atoms with Crippen LogP contribution in [0.3, 0.4) is 0 Å². The summed E-state index contributed by atoms with van der Waals surface area (Å²) in [6.07, 6.45) is 2.15. The molecule has 0 saturated heterocycles. The first-order valence-electron chi connectivity index (χ1n) is 6.97. The molecule has 1 unspecified atom stereocenters. The average Bonchev–Trinajstić information content (AvgIpc) is 3.10. The lowest BCUT2D eigenvalue weighted by Gasteiger charge is -2.19. The maximum Gasteiger partial charge on any atom is 0.242 e. The zero-order valence-electron chi connectivity index (χ0n) is 12.5. The number of hydrogen-bond acceptors (Lipinski definition) is 5. The van der Waals surface area contributed by atoms with E-state index in [1.165, 1.54) is 0 Å². The number of nitrogens with one attached hydrogen (secondary N) is 2. The van der Waals surface area contributed by atoms with Crippen LogP contribution in [0, 0.1) is 0 Å². The molecule has 1 aliphatic carbocycles. The van der Waals surface area contributed by atoms with E-state index < -0.39 is 0 Å². The number of nitrogens with two attached hydrogens (primary N) is 1. The Kier molecular flexibility index (Phi) is 3.83. The lowest BCUT2D eigenvalue weighted by molar-refractivity contribution is -0.121. The molecule has 1 atom stereocenters. The van der Waals surface area contributed by atoms with Crippen molar-refractivity contribution < 1.29 is 4.79 Å². The molecular weight excluding hydrogens is 254 g/mol. The van der Waals surface area contributed by atoms with Crippen molar-refractivity contribution in [2.24, 2.45) is 0 Å². The summed E-state index contributed by atoms with van der Waals surface area (Å²) < 4.78 is 0. The van der Waals surface area contributed by atoms with E-state index in [1.54, 1.807) is 6.07 Å². The Bertz CT molecular complexity index is 505. The Morgan fingerprint density at radius 1 is 1.40 bits per heavy atom. The minimum Gasteiger partial charge on any atom is -0.384 e. The summed E-state index contributed by atoms with van der Waals surface area (Å²) in [5, 5.41) is 6.04. The number of nitrogens with zero attached hydrogens (tertiary/aromatic N) is 2. The number of carbonyl (C=O) groups excluding carboxylic acids is 1. The van der Waals surface area contributed by atoms with E-state index in [9.17, 15) is 4.79 Å². The molecule has 1 heterocycles. The van der Waals surface area contributed by atoms with Crippen LogP contribution in [-0.4, -0.2) is 28.0 Å². The molecule has 4 N–H and O–H groups in total. The first-order chi connectivity index (χ1) is 9.25. The lowest BCUT2D eigenvalue weighted by atomic mass is 9.96. The minimum absolute atomic E-state index is 0.0120. The van der Waals surface area contributed by atoms with Crippen LogP contribution in [0.2, 0.25) is 0 Å². The SMILES string of the molecule is CC(Nc1cc(N)nc(C(C)(C)C)n1)C(=O)NC1CC1. The standard InChI is InChI=1S/C14H23N5O/c1-8(12(20)17-9-5-6-9)16-11-7-10(15)18-13(19-11)14(2,3)4/h7-9H,5-6H2,1-4H3,(H,17,20)(H3,15,16,18,19). The van der Waals surface area contributed by atoms with E-state index in [0.29, 0.717) is 23.5 Å². The van der Waals surface area contributed by atoms with Gasteiger partial charge in [0, 0.05) is 17.5 Å². The van der Waals surface area contributed by atoms with Gasteiger partial charge in [-0.05, 0) is 19.8 Å². The highest BCUT2D eigenvalue weighted by Gasteiger charge is 2.26. The fraction of sp³-hybridized carbons (Fsp3) is 0.643. The van der Waals surface area contributed by atoms with E-state index in [1.807, 2.05) is 27.7 Å². The maximum atomic E-state index is 11.9. The third-order valence-corrected chi connectivity index (χ3v) is 3.10. The number of carbonyl (C=O) groups is 1. The minimum atomic E-state index is -0.349. The summed E-state index contributed by atoms with van der Waals surface area (Å²) in [5.74, 6) is 1.64. The molecule has 0 bridgehead atoms. The summed E-state index contributed by atoms with van der Waals surface area (Å²) in [4.78, 5) is 20.6. The van der Waals surface area contributed by atoms with E-state index >= 15 is 0 Å². The van der Waals surface area contributed by atoms with Crippen molar-refractivity contribution in [1.29, 1.82) is 0 Å².